The number of hydrogen-bond donors (Lipinski definition) is 1. The zero-order valence-electron chi connectivity index (χ0n) is 18.3. The van der Waals surface area contributed by atoms with Crippen LogP contribution in [0.5, 0.6) is 5.75 Å². The van der Waals surface area contributed by atoms with Crippen molar-refractivity contribution in [1.82, 2.24) is 19.0 Å². The normalized spacial score (nSPS) is 11.1. The van der Waals surface area contributed by atoms with Gasteiger partial charge in [-0.05, 0) is 36.6 Å². The molecule has 0 atom stereocenters. The average molecular weight is 428 g/mol. The molecule has 0 saturated heterocycles. The molecule has 0 aliphatic carbocycles. The fourth-order valence-corrected chi connectivity index (χ4v) is 3.63. The Morgan fingerprint density at radius 1 is 1.06 bits per heavy atom. The molecular formula is C22H28N4O5. The SMILES string of the molecule is COCCCn1c(C(=O)NCCc2ccc(OC)cc2)cc2c(=O)n(C)c(=O)n(C)c21. The first-order valence-corrected chi connectivity index (χ1v) is 10.1. The van der Waals surface area contributed by atoms with Crippen LogP contribution in [0.2, 0.25) is 0 Å². The maximum atomic E-state index is 13.0. The van der Waals surface area contributed by atoms with E-state index in [1.54, 1.807) is 31.9 Å². The van der Waals surface area contributed by atoms with Gasteiger partial charge >= 0.3 is 5.69 Å². The van der Waals surface area contributed by atoms with Crippen molar-refractivity contribution in [2.75, 3.05) is 27.4 Å². The van der Waals surface area contributed by atoms with Gasteiger partial charge in [-0.3, -0.25) is 18.7 Å². The lowest BCUT2D eigenvalue weighted by atomic mass is 10.1. The molecule has 0 fully saturated rings. The predicted octanol–water partition coefficient (Wildman–Crippen LogP) is 1.06. The van der Waals surface area contributed by atoms with Crippen molar-refractivity contribution < 1.29 is 14.3 Å². The maximum absolute atomic E-state index is 13.0. The van der Waals surface area contributed by atoms with Crippen LogP contribution in [-0.2, 0) is 31.8 Å². The lowest BCUT2D eigenvalue weighted by molar-refractivity contribution is 0.0944. The number of carbonyl (C=O) groups is 1. The van der Waals surface area contributed by atoms with Gasteiger partial charge in [0.1, 0.15) is 17.1 Å². The Morgan fingerprint density at radius 2 is 1.77 bits per heavy atom. The van der Waals surface area contributed by atoms with Gasteiger partial charge in [0, 0.05) is 40.9 Å². The average Bonchev–Trinajstić information content (AvgIpc) is 3.16. The summed E-state index contributed by atoms with van der Waals surface area (Å²) in [7, 11) is 6.25. The Morgan fingerprint density at radius 3 is 2.42 bits per heavy atom. The van der Waals surface area contributed by atoms with Gasteiger partial charge < -0.3 is 19.4 Å². The number of amides is 1. The molecule has 2 aromatic heterocycles. The van der Waals surface area contributed by atoms with E-state index in [9.17, 15) is 14.4 Å². The molecular weight excluding hydrogens is 400 g/mol. The van der Waals surface area contributed by atoms with Gasteiger partial charge in [-0.2, -0.15) is 0 Å². The number of fused-ring (bicyclic) bond motifs is 1. The van der Waals surface area contributed by atoms with Crippen molar-refractivity contribution in [3.05, 3.63) is 62.4 Å². The Labute approximate surface area is 179 Å². The molecule has 31 heavy (non-hydrogen) atoms. The summed E-state index contributed by atoms with van der Waals surface area (Å²) in [6.45, 7) is 1.37. The van der Waals surface area contributed by atoms with Crippen LogP contribution in [0.4, 0.5) is 0 Å². The molecule has 1 aromatic carbocycles. The quantitative estimate of drug-likeness (QED) is 0.514. The number of rotatable bonds is 9. The molecule has 0 radical (unpaired) electrons. The highest BCUT2D eigenvalue weighted by atomic mass is 16.5. The van der Waals surface area contributed by atoms with E-state index in [1.165, 1.54) is 11.6 Å². The number of nitrogens with zero attached hydrogens (tertiary/aromatic N) is 3. The molecule has 166 valence electrons. The smallest absolute Gasteiger partial charge is 0.332 e. The zero-order valence-corrected chi connectivity index (χ0v) is 18.3. The first-order chi connectivity index (χ1) is 14.9. The van der Waals surface area contributed by atoms with Crippen LogP contribution >= 0.6 is 0 Å². The van der Waals surface area contributed by atoms with E-state index in [-0.39, 0.29) is 5.91 Å². The third-order valence-electron chi connectivity index (χ3n) is 5.32. The number of hydrogen-bond acceptors (Lipinski definition) is 5. The van der Waals surface area contributed by atoms with Crippen LogP contribution in [0.3, 0.4) is 0 Å². The number of methoxy groups -OCH3 is 2. The van der Waals surface area contributed by atoms with Crippen molar-refractivity contribution >= 4 is 16.9 Å². The molecule has 2 heterocycles. The van der Waals surface area contributed by atoms with Crippen molar-refractivity contribution in [1.29, 1.82) is 0 Å². The largest absolute Gasteiger partial charge is 0.497 e. The first-order valence-electron chi connectivity index (χ1n) is 10.1. The molecule has 0 bridgehead atoms. The number of benzene rings is 1. The van der Waals surface area contributed by atoms with Crippen LogP contribution in [0.15, 0.2) is 39.9 Å². The van der Waals surface area contributed by atoms with Crippen LogP contribution in [0.25, 0.3) is 11.0 Å². The molecule has 1 N–H and O–H groups in total. The Hall–Kier alpha value is -3.33. The molecule has 0 spiro atoms. The highest BCUT2D eigenvalue weighted by molar-refractivity contribution is 5.97. The third-order valence-corrected chi connectivity index (χ3v) is 5.32. The second kappa shape index (κ2) is 9.65. The summed E-state index contributed by atoms with van der Waals surface area (Å²) in [5.74, 6) is 0.484. The molecule has 9 nitrogen and oxygen atoms in total. The summed E-state index contributed by atoms with van der Waals surface area (Å²) < 4.78 is 14.4. The maximum Gasteiger partial charge on any atom is 0.332 e. The van der Waals surface area contributed by atoms with Gasteiger partial charge in [-0.25, -0.2) is 4.79 Å². The predicted molar refractivity (Wildman–Crippen MR) is 118 cm³/mol. The molecule has 9 heteroatoms. The van der Waals surface area contributed by atoms with Gasteiger partial charge in [-0.15, -0.1) is 0 Å². The summed E-state index contributed by atoms with van der Waals surface area (Å²) in [5.41, 5.74) is 0.993. The fourth-order valence-electron chi connectivity index (χ4n) is 3.63. The van der Waals surface area contributed by atoms with Crippen molar-refractivity contribution in [3.63, 3.8) is 0 Å². The number of carbonyl (C=O) groups excluding carboxylic acids is 1. The van der Waals surface area contributed by atoms with E-state index in [0.717, 1.165) is 15.9 Å². The molecule has 3 aromatic rings. The van der Waals surface area contributed by atoms with Gasteiger partial charge in [-0.1, -0.05) is 12.1 Å². The Kier molecular flexibility index (Phi) is 6.96. The molecule has 0 aliphatic rings. The summed E-state index contributed by atoms with van der Waals surface area (Å²) in [6, 6.07) is 9.22. The molecule has 1 amide bonds. The summed E-state index contributed by atoms with van der Waals surface area (Å²) in [6.07, 6.45) is 1.29. The zero-order chi connectivity index (χ0) is 22.5. The van der Waals surface area contributed by atoms with Crippen LogP contribution in [0, 0.1) is 0 Å². The standard InChI is InChI=1S/C22H28N4O5/c1-24-20-17(21(28)25(2)22(24)29)14-18(26(20)12-5-13-30-3)19(27)23-11-10-15-6-8-16(31-4)9-7-15/h6-9,14H,5,10-13H2,1-4H3,(H,23,27). The number of nitrogens with one attached hydrogen (secondary N) is 1. The van der Waals surface area contributed by atoms with E-state index in [1.807, 2.05) is 24.3 Å². The van der Waals surface area contributed by atoms with Gasteiger partial charge in [0.2, 0.25) is 0 Å². The lowest BCUT2D eigenvalue weighted by Crippen LogP contribution is -2.37. The first kappa shape index (κ1) is 22.4. The highest BCUT2D eigenvalue weighted by Crippen LogP contribution is 2.17. The minimum atomic E-state index is -0.435. The van der Waals surface area contributed by atoms with E-state index < -0.39 is 11.2 Å². The lowest BCUT2D eigenvalue weighted by Gasteiger charge is -2.13. The molecule has 0 aliphatic heterocycles. The van der Waals surface area contributed by atoms with Crippen molar-refractivity contribution in [2.24, 2.45) is 14.1 Å². The van der Waals surface area contributed by atoms with Gasteiger partial charge in [0.25, 0.3) is 11.5 Å². The number of aryl methyl sites for hydroxylation is 2. The Bertz CT molecular complexity index is 1190. The van der Waals surface area contributed by atoms with Crippen LogP contribution < -0.4 is 21.3 Å². The van der Waals surface area contributed by atoms with Crippen molar-refractivity contribution in [2.45, 2.75) is 19.4 Å². The fraction of sp³-hybridized carbons (Fsp3) is 0.409. The molecule has 0 unspecified atom stereocenters. The van der Waals surface area contributed by atoms with Gasteiger partial charge in [0.15, 0.2) is 0 Å². The highest BCUT2D eigenvalue weighted by Gasteiger charge is 2.21. The van der Waals surface area contributed by atoms with Crippen LogP contribution in [0.1, 0.15) is 22.5 Å². The van der Waals surface area contributed by atoms with E-state index >= 15 is 0 Å². The van der Waals surface area contributed by atoms with E-state index in [0.29, 0.717) is 49.3 Å². The van der Waals surface area contributed by atoms with E-state index in [4.69, 9.17) is 9.47 Å². The molecule has 3 rings (SSSR count). The number of aromatic nitrogens is 3. The third kappa shape index (κ3) is 4.56. The van der Waals surface area contributed by atoms with Crippen molar-refractivity contribution in [3.8, 4) is 5.75 Å². The minimum absolute atomic E-state index is 0.295. The van der Waals surface area contributed by atoms with E-state index in [2.05, 4.69) is 5.32 Å². The topological polar surface area (TPSA) is 96.5 Å². The molecule has 0 saturated carbocycles. The van der Waals surface area contributed by atoms with Crippen LogP contribution in [-0.4, -0.2) is 47.0 Å². The second-order valence-corrected chi connectivity index (χ2v) is 7.32. The van der Waals surface area contributed by atoms with Gasteiger partial charge in [0.05, 0.1) is 12.5 Å². The minimum Gasteiger partial charge on any atom is -0.497 e. The summed E-state index contributed by atoms with van der Waals surface area (Å²) >= 11 is 0. The number of ether oxygens (including phenoxy) is 2. The summed E-state index contributed by atoms with van der Waals surface area (Å²) in [5, 5.41) is 3.25. The Balaban J connectivity index is 1.88. The summed E-state index contributed by atoms with van der Waals surface area (Å²) in [4.78, 5) is 38.0. The monoisotopic (exact) mass is 428 g/mol. The second-order valence-electron chi connectivity index (χ2n) is 7.32.